The summed E-state index contributed by atoms with van der Waals surface area (Å²) in [5.41, 5.74) is 1.87. The predicted molar refractivity (Wildman–Crippen MR) is 83.1 cm³/mol. The number of halogens is 1. The molecule has 0 unspecified atom stereocenters. The zero-order valence-electron chi connectivity index (χ0n) is 12.4. The highest BCUT2D eigenvalue weighted by atomic mass is 19.1. The zero-order valence-corrected chi connectivity index (χ0v) is 12.4. The van der Waals surface area contributed by atoms with E-state index in [-0.39, 0.29) is 0 Å². The van der Waals surface area contributed by atoms with Gasteiger partial charge in [-0.1, -0.05) is 0 Å². The molecule has 23 heavy (non-hydrogen) atoms. The first kappa shape index (κ1) is 14.9. The van der Waals surface area contributed by atoms with Gasteiger partial charge in [-0.25, -0.2) is 14.4 Å². The Morgan fingerprint density at radius 3 is 2.22 bits per heavy atom. The molecule has 0 spiro atoms. The van der Waals surface area contributed by atoms with E-state index in [9.17, 15) is 4.39 Å². The van der Waals surface area contributed by atoms with Crippen LogP contribution in [0.4, 0.5) is 4.39 Å². The van der Waals surface area contributed by atoms with Crippen molar-refractivity contribution in [3.05, 3.63) is 60.7 Å². The smallest absolute Gasteiger partial charge is 0.227 e. The van der Waals surface area contributed by atoms with Crippen LogP contribution >= 0.6 is 0 Å². The molecule has 6 heteroatoms. The van der Waals surface area contributed by atoms with Gasteiger partial charge >= 0.3 is 0 Å². The van der Waals surface area contributed by atoms with Crippen LogP contribution in [0.1, 0.15) is 5.69 Å². The number of aromatic nitrogens is 3. The van der Waals surface area contributed by atoms with Crippen LogP contribution in [-0.4, -0.2) is 22.1 Å². The number of alkyl halides is 1. The van der Waals surface area contributed by atoms with Crippen LogP contribution in [0.15, 0.2) is 55.0 Å². The van der Waals surface area contributed by atoms with Crippen LogP contribution in [0.5, 0.6) is 17.5 Å². The molecule has 3 aromatic rings. The lowest BCUT2D eigenvalue weighted by Gasteiger charge is -2.11. The van der Waals surface area contributed by atoms with Crippen LogP contribution < -0.4 is 9.47 Å². The molecule has 0 aliphatic carbocycles. The molecule has 0 aromatic carbocycles. The number of rotatable bonds is 5. The molecule has 0 aliphatic heterocycles. The highest BCUT2D eigenvalue weighted by Crippen LogP contribution is 2.35. The van der Waals surface area contributed by atoms with Crippen LogP contribution in [0.3, 0.4) is 0 Å². The standard InChI is InChI=1S/C17H14FN3O2/c1-22-16-14(4-2-8-19-16)15-5-3-9-20-17(15)23-13-7-6-12(10-18)21-11-13/h2-9,11H,10H2,1H3. The molecule has 0 aliphatic rings. The quantitative estimate of drug-likeness (QED) is 0.717. The van der Waals surface area contributed by atoms with Crippen molar-refractivity contribution in [1.29, 1.82) is 0 Å². The lowest BCUT2D eigenvalue weighted by Crippen LogP contribution is -1.96. The summed E-state index contributed by atoms with van der Waals surface area (Å²) < 4.78 is 23.6. The Morgan fingerprint density at radius 2 is 1.61 bits per heavy atom. The third-order valence-corrected chi connectivity index (χ3v) is 3.17. The monoisotopic (exact) mass is 311 g/mol. The maximum Gasteiger partial charge on any atom is 0.227 e. The van der Waals surface area contributed by atoms with E-state index < -0.39 is 6.67 Å². The summed E-state index contributed by atoms with van der Waals surface area (Å²) >= 11 is 0. The Hall–Kier alpha value is -3.02. The van der Waals surface area contributed by atoms with Crippen molar-refractivity contribution >= 4 is 0 Å². The number of nitrogens with zero attached hydrogens (tertiary/aromatic N) is 3. The topological polar surface area (TPSA) is 57.1 Å². The van der Waals surface area contributed by atoms with E-state index in [0.717, 1.165) is 11.1 Å². The van der Waals surface area contributed by atoms with Gasteiger partial charge in [0.25, 0.3) is 0 Å². The van der Waals surface area contributed by atoms with Gasteiger partial charge in [0.2, 0.25) is 11.8 Å². The molecule has 0 bridgehead atoms. The molecule has 0 N–H and O–H groups in total. The molecular formula is C17H14FN3O2. The largest absolute Gasteiger partial charge is 0.481 e. The molecule has 3 heterocycles. The van der Waals surface area contributed by atoms with E-state index in [1.165, 1.54) is 6.20 Å². The normalized spacial score (nSPS) is 10.3. The minimum Gasteiger partial charge on any atom is -0.481 e. The fourth-order valence-corrected chi connectivity index (χ4v) is 2.10. The number of hydrogen-bond acceptors (Lipinski definition) is 5. The van der Waals surface area contributed by atoms with Crippen molar-refractivity contribution in [1.82, 2.24) is 15.0 Å². The Labute approximate surface area is 132 Å². The first-order chi connectivity index (χ1) is 11.3. The minimum absolute atomic E-state index is 0.354. The van der Waals surface area contributed by atoms with Crippen molar-refractivity contribution in [2.24, 2.45) is 0 Å². The molecule has 0 amide bonds. The molecule has 3 aromatic heterocycles. The van der Waals surface area contributed by atoms with Gasteiger partial charge in [0, 0.05) is 23.5 Å². The van der Waals surface area contributed by atoms with E-state index in [4.69, 9.17) is 9.47 Å². The zero-order chi connectivity index (χ0) is 16.1. The molecule has 3 rings (SSSR count). The highest BCUT2D eigenvalue weighted by Gasteiger charge is 2.13. The maximum atomic E-state index is 12.5. The van der Waals surface area contributed by atoms with Crippen LogP contribution in [0.2, 0.25) is 0 Å². The Kier molecular flexibility index (Phi) is 4.42. The summed E-state index contributed by atoms with van der Waals surface area (Å²) in [6.45, 7) is -0.609. The number of ether oxygens (including phenoxy) is 2. The van der Waals surface area contributed by atoms with E-state index in [1.807, 2.05) is 18.2 Å². The van der Waals surface area contributed by atoms with Crippen LogP contribution in [0.25, 0.3) is 11.1 Å². The molecule has 0 saturated carbocycles. The Balaban J connectivity index is 1.97. The van der Waals surface area contributed by atoms with Gasteiger partial charge < -0.3 is 9.47 Å². The highest BCUT2D eigenvalue weighted by molar-refractivity contribution is 5.72. The Morgan fingerprint density at radius 1 is 0.913 bits per heavy atom. The maximum absolute atomic E-state index is 12.5. The second-order valence-electron chi connectivity index (χ2n) is 4.64. The van der Waals surface area contributed by atoms with Crippen LogP contribution in [-0.2, 0) is 6.67 Å². The van der Waals surface area contributed by atoms with E-state index in [1.54, 1.807) is 37.7 Å². The first-order valence-electron chi connectivity index (χ1n) is 6.95. The Bertz CT molecular complexity index is 794. The van der Waals surface area contributed by atoms with Crippen molar-refractivity contribution in [2.45, 2.75) is 6.67 Å². The van der Waals surface area contributed by atoms with E-state index >= 15 is 0 Å². The van der Waals surface area contributed by atoms with Crippen molar-refractivity contribution in [3.8, 4) is 28.6 Å². The van der Waals surface area contributed by atoms with Crippen LogP contribution in [0, 0.1) is 0 Å². The molecule has 0 fully saturated rings. The van der Waals surface area contributed by atoms with E-state index in [2.05, 4.69) is 15.0 Å². The molecular weight excluding hydrogens is 297 g/mol. The average Bonchev–Trinajstić information content (AvgIpc) is 2.63. The van der Waals surface area contributed by atoms with Gasteiger partial charge in [-0.05, 0) is 36.4 Å². The minimum atomic E-state index is -0.609. The van der Waals surface area contributed by atoms with Gasteiger partial charge in [-0.15, -0.1) is 0 Å². The SMILES string of the molecule is COc1ncccc1-c1cccnc1Oc1ccc(CF)nc1. The fraction of sp³-hybridized carbons (Fsp3) is 0.118. The molecule has 5 nitrogen and oxygen atoms in total. The van der Waals surface area contributed by atoms with Gasteiger partial charge in [-0.2, -0.15) is 0 Å². The summed E-state index contributed by atoms with van der Waals surface area (Å²) in [7, 11) is 1.56. The summed E-state index contributed by atoms with van der Waals surface area (Å²) in [4.78, 5) is 12.4. The van der Waals surface area contributed by atoms with Gasteiger partial charge in [-0.3, -0.25) is 4.98 Å². The summed E-state index contributed by atoms with van der Waals surface area (Å²) in [6.07, 6.45) is 4.75. The summed E-state index contributed by atoms with van der Waals surface area (Å²) in [5.74, 6) is 1.36. The molecule has 116 valence electrons. The number of methoxy groups -OCH3 is 1. The predicted octanol–water partition coefficient (Wildman–Crippen LogP) is 3.81. The van der Waals surface area contributed by atoms with E-state index in [0.29, 0.717) is 23.2 Å². The lowest BCUT2D eigenvalue weighted by molar-refractivity contribution is 0.399. The van der Waals surface area contributed by atoms with Crippen molar-refractivity contribution in [2.75, 3.05) is 7.11 Å². The van der Waals surface area contributed by atoms with Gasteiger partial charge in [0.15, 0.2) is 0 Å². The lowest BCUT2D eigenvalue weighted by atomic mass is 10.1. The fourth-order valence-electron chi connectivity index (χ4n) is 2.10. The summed E-state index contributed by atoms with van der Waals surface area (Å²) in [6, 6.07) is 10.6. The van der Waals surface area contributed by atoms with Gasteiger partial charge in [0.05, 0.1) is 19.0 Å². The second kappa shape index (κ2) is 6.83. The second-order valence-corrected chi connectivity index (χ2v) is 4.64. The average molecular weight is 311 g/mol. The third-order valence-electron chi connectivity index (χ3n) is 3.17. The molecule has 0 radical (unpaired) electrons. The summed E-state index contributed by atoms with van der Waals surface area (Å²) in [5, 5.41) is 0. The third kappa shape index (κ3) is 3.26. The van der Waals surface area contributed by atoms with Crippen molar-refractivity contribution in [3.63, 3.8) is 0 Å². The number of hydrogen-bond donors (Lipinski definition) is 0. The molecule has 0 saturated heterocycles. The van der Waals surface area contributed by atoms with Crippen molar-refractivity contribution < 1.29 is 13.9 Å². The first-order valence-corrected chi connectivity index (χ1v) is 6.95. The van der Waals surface area contributed by atoms with Gasteiger partial charge in [0.1, 0.15) is 12.4 Å². The number of pyridine rings is 3. The molecule has 0 atom stereocenters.